The standard InChI is InChI=1S/C22H17ClN2O2.C21H15ClN2O2/c1-27-22(26)19-14-18(23)7-6-16(19)12-15-5-8-20-17(13-15)9-11-25(20)21-4-2-3-10-24-21;22-17-6-5-15(18(13-17)21(25)26)11-14-4-7-19-16(12-14)8-10-24(19)20-3-1-2-9-23-20/h2-11,13-14H,12H2,1H3;1-10,12-13H,11H2,(H,25,26). The molecule has 8 nitrogen and oxygen atoms in total. The Morgan fingerprint density at radius 1 is 0.623 bits per heavy atom. The van der Waals surface area contributed by atoms with Gasteiger partial charge in [-0.3, -0.25) is 0 Å². The molecule has 4 aromatic heterocycles. The van der Waals surface area contributed by atoms with E-state index in [0.29, 0.717) is 28.5 Å². The van der Waals surface area contributed by atoms with E-state index in [1.807, 2.05) is 77.6 Å². The van der Waals surface area contributed by atoms with Crippen LogP contribution in [0.1, 0.15) is 43.0 Å². The van der Waals surface area contributed by atoms with Gasteiger partial charge in [0.05, 0.1) is 29.3 Å². The number of nitrogens with zero attached hydrogens (tertiary/aromatic N) is 4. The minimum Gasteiger partial charge on any atom is -0.478 e. The number of ether oxygens (including phenoxy) is 1. The average molecular weight is 740 g/mol. The molecule has 10 heteroatoms. The van der Waals surface area contributed by atoms with Gasteiger partial charge in [-0.15, -0.1) is 0 Å². The molecule has 8 rings (SSSR count). The number of carboxylic acids is 1. The summed E-state index contributed by atoms with van der Waals surface area (Å²) in [6.45, 7) is 0. The van der Waals surface area contributed by atoms with Gasteiger partial charge in [0, 0.05) is 45.6 Å². The smallest absolute Gasteiger partial charge is 0.338 e. The zero-order valence-electron chi connectivity index (χ0n) is 28.5. The number of rotatable bonds is 8. The van der Waals surface area contributed by atoms with Crippen molar-refractivity contribution in [1.29, 1.82) is 0 Å². The van der Waals surface area contributed by atoms with Crippen LogP contribution in [-0.4, -0.2) is 43.3 Å². The van der Waals surface area contributed by atoms with Gasteiger partial charge in [-0.25, -0.2) is 19.6 Å². The molecule has 0 aliphatic carbocycles. The average Bonchev–Trinajstić information content (AvgIpc) is 3.81. The van der Waals surface area contributed by atoms with Crippen molar-refractivity contribution in [2.24, 2.45) is 0 Å². The fourth-order valence-electron chi connectivity index (χ4n) is 6.34. The Kier molecular flexibility index (Phi) is 10.3. The summed E-state index contributed by atoms with van der Waals surface area (Å²) in [7, 11) is 1.37. The lowest BCUT2D eigenvalue weighted by molar-refractivity contribution is 0.0598. The Labute approximate surface area is 315 Å². The van der Waals surface area contributed by atoms with Crippen molar-refractivity contribution in [1.82, 2.24) is 19.1 Å². The first-order valence-electron chi connectivity index (χ1n) is 16.7. The first-order chi connectivity index (χ1) is 25.8. The molecular weight excluding hydrogens is 707 g/mol. The number of methoxy groups -OCH3 is 1. The summed E-state index contributed by atoms with van der Waals surface area (Å²) in [5.74, 6) is 0.395. The third-order valence-electron chi connectivity index (χ3n) is 8.87. The van der Waals surface area contributed by atoms with Crippen molar-refractivity contribution in [3.63, 3.8) is 0 Å². The number of hydrogen-bond acceptors (Lipinski definition) is 5. The summed E-state index contributed by atoms with van der Waals surface area (Å²) in [6.07, 6.45) is 8.70. The third-order valence-corrected chi connectivity index (χ3v) is 9.34. The van der Waals surface area contributed by atoms with E-state index in [4.69, 9.17) is 27.9 Å². The normalized spacial score (nSPS) is 10.9. The number of carbonyl (C=O) groups is 2. The molecule has 0 atom stereocenters. The van der Waals surface area contributed by atoms with Crippen LogP contribution in [0.2, 0.25) is 10.0 Å². The van der Waals surface area contributed by atoms with Crippen LogP contribution in [0.25, 0.3) is 33.4 Å². The lowest BCUT2D eigenvalue weighted by atomic mass is 9.99. The number of fused-ring (bicyclic) bond motifs is 2. The van der Waals surface area contributed by atoms with E-state index in [9.17, 15) is 14.7 Å². The monoisotopic (exact) mass is 738 g/mol. The number of hydrogen-bond donors (Lipinski definition) is 1. The predicted octanol–water partition coefficient (Wildman–Crippen LogP) is 10.0. The van der Waals surface area contributed by atoms with Crippen LogP contribution >= 0.6 is 23.2 Å². The second kappa shape index (κ2) is 15.6. The molecule has 0 unspecified atom stereocenters. The number of aromatic carboxylic acids is 1. The van der Waals surface area contributed by atoms with Gasteiger partial charge in [-0.1, -0.05) is 59.6 Å². The van der Waals surface area contributed by atoms with E-state index in [1.165, 1.54) is 13.2 Å². The summed E-state index contributed by atoms with van der Waals surface area (Å²) < 4.78 is 8.97. The number of aromatic nitrogens is 4. The van der Waals surface area contributed by atoms with Crippen molar-refractivity contribution < 1.29 is 19.4 Å². The zero-order valence-corrected chi connectivity index (χ0v) is 30.0. The number of halogens is 2. The van der Waals surface area contributed by atoms with Crippen LogP contribution in [0.5, 0.6) is 0 Å². The zero-order chi connectivity index (χ0) is 36.9. The quantitative estimate of drug-likeness (QED) is 0.156. The molecule has 0 amide bonds. The highest BCUT2D eigenvalue weighted by molar-refractivity contribution is 6.31. The third kappa shape index (κ3) is 7.84. The molecule has 4 aromatic carbocycles. The summed E-state index contributed by atoms with van der Waals surface area (Å²) in [5.41, 5.74) is 6.65. The molecule has 1 N–H and O–H groups in total. The molecule has 0 aliphatic heterocycles. The van der Waals surface area contributed by atoms with E-state index in [0.717, 1.165) is 55.7 Å². The molecule has 8 aromatic rings. The Balaban J connectivity index is 0.000000164. The fraction of sp³-hybridized carbons (Fsp3) is 0.0698. The summed E-state index contributed by atoms with van der Waals surface area (Å²) in [4.78, 5) is 32.3. The highest BCUT2D eigenvalue weighted by atomic mass is 35.5. The molecule has 0 bridgehead atoms. The Hall–Kier alpha value is -6.22. The van der Waals surface area contributed by atoms with Gasteiger partial charge in [-0.2, -0.15) is 0 Å². The van der Waals surface area contributed by atoms with Crippen molar-refractivity contribution in [2.45, 2.75) is 12.8 Å². The SMILES string of the molecule is COC(=O)c1cc(Cl)ccc1Cc1ccc2c(ccn2-c2ccccn2)c1.O=C(O)c1cc(Cl)ccc1Cc1ccc2c(ccn2-c2ccccn2)c1. The molecule has 53 heavy (non-hydrogen) atoms. The van der Waals surface area contributed by atoms with Crippen molar-refractivity contribution in [2.75, 3.05) is 7.11 Å². The van der Waals surface area contributed by atoms with Crippen LogP contribution in [0.3, 0.4) is 0 Å². The maximum atomic E-state index is 12.1. The Morgan fingerprint density at radius 3 is 1.57 bits per heavy atom. The molecule has 4 heterocycles. The molecule has 0 fully saturated rings. The topological polar surface area (TPSA) is 99.2 Å². The van der Waals surface area contributed by atoms with E-state index in [1.54, 1.807) is 36.7 Å². The maximum Gasteiger partial charge on any atom is 0.338 e. The molecule has 0 radical (unpaired) electrons. The fourth-order valence-corrected chi connectivity index (χ4v) is 6.68. The first kappa shape index (κ1) is 35.2. The van der Waals surface area contributed by atoms with Gasteiger partial charge in [0.2, 0.25) is 0 Å². The van der Waals surface area contributed by atoms with Crippen LogP contribution in [-0.2, 0) is 17.6 Å². The van der Waals surface area contributed by atoms with Crippen molar-refractivity contribution in [3.05, 3.63) is 190 Å². The number of esters is 1. The summed E-state index contributed by atoms with van der Waals surface area (Å²) in [6, 6.07) is 38.5. The predicted molar refractivity (Wildman–Crippen MR) is 209 cm³/mol. The lowest BCUT2D eigenvalue weighted by Gasteiger charge is -2.09. The minimum atomic E-state index is -0.968. The van der Waals surface area contributed by atoms with Gasteiger partial charge in [0.1, 0.15) is 11.6 Å². The largest absolute Gasteiger partial charge is 0.478 e. The van der Waals surface area contributed by atoms with E-state index in [-0.39, 0.29) is 11.5 Å². The molecule has 0 saturated carbocycles. The highest BCUT2D eigenvalue weighted by Crippen LogP contribution is 2.26. The number of carboxylic acid groups (broad SMARTS) is 1. The van der Waals surface area contributed by atoms with Crippen molar-refractivity contribution in [3.8, 4) is 11.6 Å². The van der Waals surface area contributed by atoms with Crippen molar-refractivity contribution >= 4 is 56.9 Å². The van der Waals surface area contributed by atoms with E-state index < -0.39 is 5.97 Å². The van der Waals surface area contributed by atoms with E-state index >= 15 is 0 Å². The number of pyridine rings is 2. The van der Waals surface area contributed by atoms with Crippen LogP contribution in [0.4, 0.5) is 0 Å². The summed E-state index contributed by atoms with van der Waals surface area (Å²) >= 11 is 12.0. The second-order valence-corrected chi connectivity index (χ2v) is 13.2. The van der Waals surface area contributed by atoms with Crippen LogP contribution in [0, 0.1) is 0 Å². The number of benzene rings is 4. The first-order valence-corrected chi connectivity index (χ1v) is 17.4. The Morgan fingerprint density at radius 2 is 1.11 bits per heavy atom. The Bertz CT molecular complexity index is 2580. The van der Waals surface area contributed by atoms with Gasteiger partial charge in [-0.05, 0) is 120 Å². The second-order valence-electron chi connectivity index (χ2n) is 12.3. The van der Waals surface area contributed by atoms with Crippen LogP contribution in [0.15, 0.2) is 146 Å². The molecular formula is C43H32Cl2N4O4. The molecule has 0 spiro atoms. The van der Waals surface area contributed by atoms with Crippen LogP contribution < -0.4 is 0 Å². The van der Waals surface area contributed by atoms with Gasteiger partial charge in [0.15, 0.2) is 0 Å². The summed E-state index contributed by atoms with van der Waals surface area (Å²) in [5, 5.41) is 12.5. The lowest BCUT2D eigenvalue weighted by Crippen LogP contribution is -2.06. The molecule has 0 saturated heterocycles. The number of carbonyl (C=O) groups excluding carboxylic acids is 1. The van der Waals surface area contributed by atoms with E-state index in [2.05, 4.69) is 44.9 Å². The van der Waals surface area contributed by atoms with Gasteiger partial charge < -0.3 is 19.0 Å². The minimum absolute atomic E-state index is 0.239. The molecule has 262 valence electrons. The van der Waals surface area contributed by atoms with Gasteiger partial charge >= 0.3 is 11.9 Å². The van der Waals surface area contributed by atoms with Gasteiger partial charge in [0.25, 0.3) is 0 Å². The maximum absolute atomic E-state index is 12.1. The molecule has 0 aliphatic rings. The highest BCUT2D eigenvalue weighted by Gasteiger charge is 2.15.